The number of aromatic amines is 1. The molecular weight excluding hydrogens is 308 g/mol. The fourth-order valence-corrected chi connectivity index (χ4v) is 3.21. The second kappa shape index (κ2) is 5.25. The van der Waals surface area contributed by atoms with Crippen molar-refractivity contribution in [2.45, 2.75) is 12.5 Å². The van der Waals surface area contributed by atoms with E-state index in [0.717, 1.165) is 27.2 Å². The molecule has 4 rings (SSSR count). The molecule has 0 aliphatic heterocycles. The van der Waals surface area contributed by atoms with Crippen LogP contribution in [-0.2, 0) is 5.54 Å². The average Bonchev–Trinajstić information content (AvgIpc) is 3.25. The minimum absolute atomic E-state index is 0.416. The molecule has 0 fully saturated rings. The van der Waals surface area contributed by atoms with Crippen LogP contribution in [0, 0.1) is 0 Å². The summed E-state index contributed by atoms with van der Waals surface area (Å²) in [5.41, 5.74) is 3.78. The molecule has 2 aromatic carbocycles. The van der Waals surface area contributed by atoms with E-state index >= 15 is 0 Å². The molecule has 23 heavy (non-hydrogen) atoms. The van der Waals surface area contributed by atoms with Crippen molar-refractivity contribution >= 4 is 22.6 Å². The first-order chi connectivity index (χ1) is 11.2. The van der Waals surface area contributed by atoms with Gasteiger partial charge in [-0.3, -0.25) is 0 Å². The number of nitrogens with zero attached hydrogens (tertiary/aromatic N) is 3. The number of nitrogens with one attached hydrogen (secondary N) is 1. The highest BCUT2D eigenvalue weighted by Crippen LogP contribution is 2.35. The van der Waals surface area contributed by atoms with E-state index < -0.39 is 5.54 Å². The smallest absolute Gasteiger partial charge is 0.0956 e. The summed E-state index contributed by atoms with van der Waals surface area (Å²) in [6.07, 6.45) is 7.30. The number of hydrogen-bond donors (Lipinski definition) is 1. The van der Waals surface area contributed by atoms with Crippen LogP contribution in [0.4, 0.5) is 0 Å². The van der Waals surface area contributed by atoms with Gasteiger partial charge in [0.2, 0.25) is 0 Å². The van der Waals surface area contributed by atoms with Gasteiger partial charge < -0.3 is 9.55 Å². The Labute approximate surface area is 138 Å². The molecule has 1 atom stereocenters. The van der Waals surface area contributed by atoms with E-state index in [4.69, 9.17) is 11.6 Å². The number of rotatable bonds is 3. The van der Waals surface area contributed by atoms with Crippen molar-refractivity contribution < 1.29 is 0 Å². The van der Waals surface area contributed by atoms with Gasteiger partial charge in [0.1, 0.15) is 0 Å². The van der Waals surface area contributed by atoms with Crippen molar-refractivity contribution in [2.75, 3.05) is 0 Å². The molecule has 2 heterocycles. The number of imidazole rings is 2. The normalized spacial score (nSPS) is 14.0. The van der Waals surface area contributed by atoms with Crippen LogP contribution in [-0.4, -0.2) is 19.5 Å². The van der Waals surface area contributed by atoms with Gasteiger partial charge in [-0.05, 0) is 42.3 Å². The summed E-state index contributed by atoms with van der Waals surface area (Å²) in [6, 6.07) is 14.2. The van der Waals surface area contributed by atoms with Gasteiger partial charge in [0.05, 0.1) is 29.2 Å². The van der Waals surface area contributed by atoms with E-state index in [-0.39, 0.29) is 0 Å². The standard InChI is InChI=1S/C18H15ClN4/c1-18(23-8-7-20-12-23,13-3-2-4-15(19)9-13)14-5-6-16-17(10-14)22-11-21-16/h2-12H,1H3,(H,21,22). The zero-order chi connectivity index (χ0) is 15.9. The summed E-state index contributed by atoms with van der Waals surface area (Å²) >= 11 is 6.24. The van der Waals surface area contributed by atoms with Gasteiger partial charge in [-0.1, -0.05) is 29.8 Å². The van der Waals surface area contributed by atoms with E-state index in [1.807, 2.05) is 36.8 Å². The quantitative estimate of drug-likeness (QED) is 0.613. The maximum Gasteiger partial charge on any atom is 0.0956 e. The second-order valence-corrected chi connectivity index (χ2v) is 6.12. The minimum Gasteiger partial charge on any atom is -0.345 e. The summed E-state index contributed by atoms with van der Waals surface area (Å²) in [5, 5.41) is 0.719. The Balaban J connectivity index is 1.98. The van der Waals surface area contributed by atoms with E-state index in [2.05, 4.69) is 44.6 Å². The number of hydrogen-bond acceptors (Lipinski definition) is 2. The van der Waals surface area contributed by atoms with Gasteiger partial charge in [-0.15, -0.1) is 0 Å². The Morgan fingerprint density at radius 3 is 2.78 bits per heavy atom. The third-order valence-corrected chi connectivity index (χ3v) is 4.62. The number of H-pyrrole nitrogens is 1. The average molecular weight is 323 g/mol. The van der Waals surface area contributed by atoms with Crippen molar-refractivity contribution in [3.05, 3.63) is 83.7 Å². The topological polar surface area (TPSA) is 46.5 Å². The summed E-state index contributed by atoms with van der Waals surface area (Å²) in [7, 11) is 0. The maximum absolute atomic E-state index is 6.24. The van der Waals surface area contributed by atoms with Crippen LogP contribution < -0.4 is 0 Å². The molecule has 0 spiro atoms. The molecule has 4 nitrogen and oxygen atoms in total. The van der Waals surface area contributed by atoms with Crippen LogP contribution in [0.15, 0.2) is 67.5 Å². The number of benzene rings is 2. The highest BCUT2D eigenvalue weighted by molar-refractivity contribution is 6.30. The Hall–Kier alpha value is -2.59. The third-order valence-electron chi connectivity index (χ3n) is 4.39. The summed E-state index contributed by atoms with van der Waals surface area (Å²) in [6.45, 7) is 2.16. The Morgan fingerprint density at radius 1 is 1.13 bits per heavy atom. The molecule has 4 aromatic rings. The van der Waals surface area contributed by atoms with E-state index in [1.54, 1.807) is 12.5 Å². The van der Waals surface area contributed by atoms with Gasteiger partial charge in [0.15, 0.2) is 0 Å². The molecule has 1 unspecified atom stereocenters. The minimum atomic E-state index is -0.416. The monoisotopic (exact) mass is 322 g/mol. The summed E-state index contributed by atoms with van der Waals surface area (Å²) in [5.74, 6) is 0. The van der Waals surface area contributed by atoms with Crippen molar-refractivity contribution in [2.24, 2.45) is 0 Å². The van der Waals surface area contributed by atoms with Crippen molar-refractivity contribution in [3.63, 3.8) is 0 Å². The van der Waals surface area contributed by atoms with E-state index in [9.17, 15) is 0 Å². The number of fused-ring (bicyclic) bond motifs is 1. The lowest BCUT2D eigenvalue weighted by atomic mass is 9.84. The lowest BCUT2D eigenvalue weighted by Crippen LogP contribution is -2.32. The molecule has 0 saturated carbocycles. The lowest BCUT2D eigenvalue weighted by Gasteiger charge is -2.32. The van der Waals surface area contributed by atoms with Crippen molar-refractivity contribution in [1.82, 2.24) is 19.5 Å². The second-order valence-electron chi connectivity index (χ2n) is 5.69. The molecule has 5 heteroatoms. The van der Waals surface area contributed by atoms with Gasteiger partial charge >= 0.3 is 0 Å². The van der Waals surface area contributed by atoms with Gasteiger partial charge in [-0.25, -0.2) is 9.97 Å². The Bertz CT molecular complexity index is 958. The molecule has 1 N–H and O–H groups in total. The first-order valence-electron chi connectivity index (χ1n) is 7.36. The van der Waals surface area contributed by atoms with Gasteiger partial charge in [0, 0.05) is 17.4 Å². The first-order valence-corrected chi connectivity index (χ1v) is 7.74. The summed E-state index contributed by atoms with van der Waals surface area (Å²) in [4.78, 5) is 11.7. The zero-order valence-electron chi connectivity index (χ0n) is 12.6. The molecular formula is C18H15ClN4. The van der Waals surface area contributed by atoms with Gasteiger partial charge in [0.25, 0.3) is 0 Å². The number of aromatic nitrogens is 4. The number of halogens is 1. The van der Waals surface area contributed by atoms with Crippen LogP contribution in [0.3, 0.4) is 0 Å². The van der Waals surface area contributed by atoms with Crippen LogP contribution in [0.1, 0.15) is 18.1 Å². The predicted molar refractivity (Wildman–Crippen MR) is 91.6 cm³/mol. The van der Waals surface area contributed by atoms with Crippen LogP contribution in [0.2, 0.25) is 5.02 Å². The van der Waals surface area contributed by atoms with E-state index in [0.29, 0.717) is 0 Å². The molecule has 0 aliphatic rings. The largest absolute Gasteiger partial charge is 0.345 e. The molecule has 0 aliphatic carbocycles. The molecule has 114 valence electrons. The zero-order valence-corrected chi connectivity index (χ0v) is 13.3. The third kappa shape index (κ3) is 2.23. The van der Waals surface area contributed by atoms with E-state index in [1.165, 1.54) is 0 Å². The predicted octanol–water partition coefficient (Wildman–Crippen LogP) is 4.22. The molecule has 0 amide bonds. The fraction of sp³-hybridized carbons (Fsp3) is 0.111. The maximum atomic E-state index is 6.24. The highest BCUT2D eigenvalue weighted by Gasteiger charge is 2.31. The molecule has 2 aromatic heterocycles. The van der Waals surface area contributed by atoms with Crippen molar-refractivity contribution in [3.8, 4) is 0 Å². The summed E-state index contributed by atoms with van der Waals surface area (Å²) < 4.78 is 2.09. The van der Waals surface area contributed by atoms with Crippen LogP contribution in [0.5, 0.6) is 0 Å². The fourth-order valence-electron chi connectivity index (χ4n) is 3.02. The Kier molecular flexibility index (Phi) is 3.20. The first kappa shape index (κ1) is 14.0. The SMILES string of the molecule is CC(c1cccc(Cl)c1)(c1ccc2nc[nH]c2c1)n1ccnc1. The van der Waals surface area contributed by atoms with Crippen LogP contribution >= 0.6 is 11.6 Å². The van der Waals surface area contributed by atoms with Crippen LogP contribution in [0.25, 0.3) is 11.0 Å². The van der Waals surface area contributed by atoms with Gasteiger partial charge in [-0.2, -0.15) is 0 Å². The Morgan fingerprint density at radius 2 is 2.00 bits per heavy atom. The molecule has 0 radical (unpaired) electrons. The lowest BCUT2D eigenvalue weighted by molar-refractivity contribution is 0.475. The molecule has 0 saturated heterocycles. The molecule has 0 bridgehead atoms. The van der Waals surface area contributed by atoms with Crippen molar-refractivity contribution in [1.29, 1.82) is 0 Å². The highest BCUT2D eigenvalue weighted by atomic mass is 35.5.